The van der Waals surface area contributed by atoms with E-state index >= 15 is 0 Å². The summed E-state index contributed by atoms with van der Waals surface area (Å²) in [6, 6.07) is 0.526. The Kier molecular flexibility index (Phi) is 6.78. The first-order valence-corrected chi connectivity index (χ1v) is 7.34. The summed E-state index contributed by atoms with van der Waals surface area (Å²) in [5.74, 6) is 1.48. The molecule has 108 valence electrons. The van der Waals surface area contributed by atoms with Crippen molar-refractivity contribution >= 4 is 5.95 Å². The number of nitrogens with zero attached hydrogens (tertiary/aromatic N) is 3. The summed E-state index contributed by atoms with van der Waals surface area (Å²) < 4.78 is 0. The molecule has 0 saturated carbocycles. The van der Waals surface area contributed by atoms with Gasteiger partial charge in [0.25, 0.3) is 0 Å². The van der Waals surface area contributed by atoms with E-state index in [1.807, 2.05) is 19.4 Å². The normalized spacial score (nSPS) is 11.3. The molecule has 0 aliphatic heterocycles. The fourth-order valence-electron chi connectivity index (χ4n) is 2.31. The maximum absolute atomic E-state index is 4.54. The van der Waals surface area contributed by atoms with E-state index in [2.05, 4.69) is 47.9 Å². The number of hydrogen-bond donors (Lipinski definition) is 1. The highest BCUT2D eigenvalue weighted by molar-refractivity contribution is 5.31. The minimum absolute atomic E-state index is 0.526. The quantitative estimate of drug-likeness (QED) is 0.784. The molecular weight excluding hydrogens is 236 g/mol. The zero-order valence-corrected chi connectivity index (χ0v) is 13.0. The van der Waals surface area contributed by atoms with Gasteiger partial charge in [-0.3, -0.25) is 0 Å². The molecule has 0 aliphatic rings. The number of rotatable bonds is 8. The van der Waals surface area contributed by atoms with Gasteiger partial charge in [-0.1, -0.05) is 27.7 Å². The summed E-state index contributed by atoms with van der Waals surface area (Å²) >= 11 is 0. The average Bonchev–Trinajstić information content (AvgIpc) is 2.40. The molecule has 1 heterocycles. The van der Waals surface area contributed by atoms with Crippen LogP contribution in [0.3, 0.4) is 0 Å². The van der Waals surface area contributed by atoms with Crippen LogP contribution in [0.15, 0.2) is 12.4 Å². The summed E-state index contributed by atoms with van der Waals surface area (Å²) in [6.07, 6.45) is 6.11. The van der Waals surface area contributed by atoms with Gasteiger partial charge in [0.05, 0.1) is 0 Å². The van der Waals surface area contributed by atoms with Crippen LogP contribution in [-0.2, 0) is 6.54 Å². The van der Waals surface area contributed by atoms with Crippen LogP contribution < -0.4 is 10.2 Å². The van der Waals surface area contributed by atoms with Crippen molar-refractivity contribution in [3.63, 3.8) is 0 Å². The molecule has 1 aromatic rings. The van der Waals surface area contributed by atoms with Crippen molar-refractivity contribution in [2.24, 2.45) is 5.92 Å². The lowest BCUT2D eigenvalue weighted by molar-refractivity contribution is 0.498. The molecule has 0 amide bonds. The molecule has 0 aliphatic carbocycles. The first kappa shape index (κ1) is 15.9. The second-order valence-corrected chi connectivity index (χ2v) is 5.44. The lowest BCUT2D eigenvalue weighted by atomic mass is 10.1. The molecule has 0 aromatic carbocycles. The highest BCUT2D eigenvalue weighted by atomic mass is 15.3. The SMILES string of the molecule is CCC(CC)N(CC(C)C)c1ncc(CNC)cn1. The summed E-state index contributed by atoms with van der Waals surface area (Å²) in [7, 11) is 1.93. The molecular formula is C15H28N4. The van der Waals surface area contributed by atoms with Crippen LogP contribution in [0.1, 0.15) is 46.1 Å². The van der Waals surface area contributed by atoms with Gasteiger partial charge in [-0.05, 0) is 25.8 Å². The van der Waals surface area contributed by atoms with E-state index in [4.69, 9.17) is 0 Å². The topological polar surface area (TPSA) is 41.1 Å². The third-order valence-corrected chi connectivity index (χ3v) is 3.27. The van der Waals surface area contributed by atoms with E-state index in [-0.39, 0.29) is 0 Å². The van der Waals surface area contributed by atoms with Crippen molar-refractivity contribution in [2.75, 3.05) is 18.5 Å². The molecule has 19 heavy (non-hydrogen) atoms. The predicted octanol–water partition coefficient (Wildman–Crippen LogP) is 2.85. The van der Waals surface area contributed by atoms with Crippen LogP contribution in [0.5, 0.6) is 0 Å². The van der Waals surface area contributed by atoms with E-state index in [0.717, 1.165) is 37.4 Å². The van der Waals surface area contributed by atoms with E-state index in [1.165, 1.54) is 0 Å². The van der Waals surface area contributed by atoms with Gasteiger partial charge in [0.1, 0.15) is 0 Å². The molecule has 0 radical (unpaired) electrons. The van der Waals surface area contributed by atoms with Crippen molar-refractivity contribution in [3.8, 4) is 0 Å². The zero-order valence-electron chi connectivity index (χ0n) is 13.0. The number of anilines is 1. The van der Waals surface area contributed by atoms with Crippen molar-refractivity contribution in [2.45, 2.75) is 53.1 Å². The monoisotopic (exact) mass is 264 g/mol. The van der Waals surface area contributed by atoms with Gasteiger partial charge in [0.15, 0.2) is 0 Å². The summed E-state index contributed by atoms with van der Waals surface area (Å²) in [4.78, 5) is 11.4. The Labute approximate surface area is 117 Å². The van der Waals surface area contributed by atoms with Crippen molar-refractivity contribution < 1.29 is 0 Å². The predicted molar refractivity (Wildman–Crippen MR) is 81.3 cm³/mol. The van der Waals surface area contributed by atoms with Gasteiger partial charge in [0.2, 0.25) is 5.95 Å². The number of nitrogens with one attached hydrogen (secondary N) is 1. The molecule has 0 unspecified atom stereocenters. The number of aromatic nitrogens is 2. The third kappa shape index (κ3) is 4.78. The minimum atomic E-state index is 0.526. The van der Waals surface area contributed by atoms with Crippen LogP contribution >= 0.6 is 0 Å². The standard InChI is InChI=1S/C15H28N4/c1-6-14(7-2)19(11-12(3)4)15-17-9-13(8-16-5)10-18-15/h9-10,12,14,16H,6-8,11H2,1-5H3. The van der Waals surface area contributed by atoms with Gasteiger partial charge in [-0.2, -0.15) is 0 Å². The average molecular weight is 264 g/mol. The summed E-state index contributed by atoms with van der Waals surface area (Å²) in [6.45, 7) is 10.8. The molecule has 0 bridgehead atoms. The van der Waals surface area contributed by atoms with Gasteiger partial charge < -0.3 is 10.2 Å². The molecule has 0 atom stereocenters. The van der Waals surface area contributed by atoms with Crippen molar-refractivity contribution in [1.82, 2.24) is 15.3 Å². The van der Waals surface area contributed by atoms with Gasteiger partial charge in [-0.25, -0.2) is 9.97 Å². The van der Waals surface area contributed by atoms with E-state index in [1.54, 1.807) is 0 Å². The van der Waals surface area contributed by atoms with Crippen LogP contribution in [0.2, 0.25) is 0 Å². The Morgan fingerprint density at radius 3 is 2.16 bits per heavy atom. The highest BCUT2D eigenvalue weighted by Crippen LogP contribution is 2.18. The van der Waals surface area contributed by atoms with Crippen LogP contribution in [-0.4, -0.2) is 29.6 Å². The lowest BCUT2D eigenvalue weighted by Crippen LogP contribution is -2.38. The highest BCUT2D eigenvalue weighted by Gasteiger charge is 2.19. The maximum atomic E-state index is 4.54. The van der Waals surface area contributed by atoms with Crippen LogP contribution in [0, 0.1) is 5.92 Å². The van der Waals surface area contributed by atoms with E-state index in [9.17, 15) is 0 Å². The molecule has 1 aromatic heterocycles. The van der Waals surface area contributed by atoms with Gasteiger partial charge in [0, 0.05) is 37.1 Å². The molecule has 0 spiro atoms. The Morgan fingerprint density at radius 2 is 1.74 bits per heavy atom. The molecule has 4 nitrogen and oxygen atoms in total. The Hall–Kier alpha value is -1.16. The van der Waals surface area contributed by atoms with Crippen LogP contribution in [0.25, 0.3) is 0 Å². The summed E-state index contributed by atoms with van der Waals surface area (Å²) in [5.41, 5.74) is 1.13. The number of hydrogen-bond acceptors (Lipinski definition) is 4. The molecule has 1 rings (SSSR count). The second kappa shape index (κ2) is 8.10. The first-order valence-electron chi connectivity index (χ1n) is 7.34. The Bertz CT molecular complexity index is 344. The van der Waals surface area contributed by atoms with Crippen molar-refractivity contribution in [3.05, 3.63) is 18.0 Å². The smallest absolute Gasteiger partial charge is 0.225 e. The minimum Gasteiger partial charge on any atom is -0.338 e. The molecule has 1 N–H and O–H groups in total. The molecule has 4 heteroatoms. The van der Waals surface area contributed by atoms with E-state index in [0.29, 0.717) is 12.0 Å². The zero-order chi connectivity index (χ0) is 14.3. The van der Waals surface area contributed by atoms with Crippen LogP contribution in [0.4, 0.5) is 5.95 Å². The maximum Gasteiger partial charge on any atom is 0.225 e. The fourth-order valence-corrected chi connectivity index (χ4v) is 2.31. The second-order valence-electron chi connectivity index (χ2n) is 5.44. The largest absolute Gasteiger partial charge is 0.338 e. The molecule has 0 saturated heterocycles. The third-order valence-electron chi connectivity index (χ3n) is 3.27. The molecule has 0 fully saturated rings. The first-order chi connectivity index (χ1) is 9.12. The van der Waals surface area contributed by atoms with Crippen molar-refractivity contribution in [1.29, 1.82) is 0 Å². The summed E-state index contributed by atoms with van der Waals surface area (Å²) in [5, 5.41) is 3.12. The lowest BCUT2D eigenvalue weighted by Gasteiger charge is -2.32. The van der Waals surface area contributed by atoms with E-state index < -0.39 is 0 Å². The Morgan fingerprint density at radius 1 is 1.16 bits per heavy atom. The van der Waals surface area contributed by atoms with Gasteiger partial charge >= 0.3 is 0 Å². The van der Waals surface area contributed by atoms with Gasteiger partial charge in [-0.15, -0.1) is 0 Å². The Balaban J connectivity index is 2.89. The fraction of sp³-hybridized carbons (Fsp3) is 0.733.